The van der Waals surface area contributed by atoms with Crippen LogP contribution in [0.2, 0.25) is 0 Å². The van der Waals surface area contributed by atoms with Crippen molar-refractivity contribution in [2.45, 2.75) is 33.3 Å². The normalized spacial score (nSPS) is 13.4. The first-order valence-electron chi connectivity index (χ1n) is 8.36. The van der Waals surface area contributed by atoms with Crippen LogP contribution in [0.5, 0.6) is 5.75 Å². The van der Waals surface area contributed by atoms with E-state index in [0.717, 1.165) is 40.9 Å². The Hall–Kier alpha value is -2.55. The summed E-state index contributed by atoms with van der Waals surface area (Å²) in [5, 5.41) is 0. The molecule has 3 rings (SSSR count). The number of ether oxygens (including phenoxy) is 2. The fraction of sp³-hybridized carbons (Fsp3) is 0.286. The highest BCUT2D eigenvalue weighted by atomic mass is 16.5. The Morgan fingerprint density at radius 3 is 2.62 bits per heavy atom. The Morgan fingerprint density at radius 1 is 1.08 bits per heavy atom. The lowest BCUT2D eigenvalue weighted by atomic mass is 9.86. The molecular formula is C21H22O3. The van der Waals surface area contributed by atoms with E-state index in [4.69, 9.17) is 9.47 Å². The van der Waals surface area contributed by atoms with Gasteiger partial charge in [0.25, 0.3) is 0 Å². The topological polar surface area (TPSA) is 35.5 Å². The van der Waals surface area contributed by atoms with Gasteiger partial charge < -0.3 is 9.47 Å². The summed E-state index contributed by atoms with van der Waals surface area (Å²) in [4.78, 5) is 12.1. The van der Waals surface area contributed by atoms with Crippen LogP contribution >= 0.6 is 0 Å². The smallest absolute Gasteiger partial charge is 0.334 e. The number of hydrogen-bond donors (Lipinski definition) is 0. The quantitative estimate of drug-likeness (QED) is 0.758. The maximum Gasteiger partial charge on any atom is 0.334 e. The van der Waals surface area contributed by atoms with Crippen molar-refractivity contribution in [2.24, 2.45) is 0 Å². The van der Waals surface area contributed by atoms with Gasteiger partial charge in [0.05, 0.1) is 6.61 Å². The molecular weight excluding hydrogens is 300 g/mol. The van der Waals surface area contributed by atoms with Gasteiger partial charge in [-0.25, -0.2) is 4.79 Å². The average molecular weight is 322 g/mol. The van der Waals surface area contributed by atoms with E-state index < -0.39 is 0 Å². The van der Waals surface area contributed by atoms with Gasteiger partial charge in [0.15, 0.2) is 0 Å². The van der Waals surface area contributed by atoms with Crippen molar-refractivity contribution >= 4 is 11.5 Å². The lowest BCUT2D eigenvalue weighted by Gasteiger charge is -2.21. The highest BCUT2D eigenvalue weighted by Gasteiger charge is 2.22. The highest BCUT2D eigenvalue weighted by Crippen LogP contribution is 2.34. The molecule has 0 heterocycles. The van der Waals surface area contributed by atoms with Gasteiger partial charge in [-0.05, 0) is 61.1 Å². The van der Waals surface area contributed by atoms with Crippen LogP contribution in [0.1, 0.15) is 37.0 Å². The van der Waals surface area contributed by atoms with E-state index in [1.54, 1.807) is 0 Å². The van der Waals surface area contributed by atoms with E-state index in [1.165, 1.54) is 5.56 Å². The van der Waals surface area contributed by atoms with E-state index in [1.807, 2.05) is 56.3 Å². The Balaban J connectivity index is 1.81. The molecule has 0 amide bonds. The molecule has 2 aromatic rings. The van der Waals surface area contributed by atoms with Crippen LogP contribution in [0.15, 0.2) is 54.1 Å². The third-order valence-corrected chi connectivity index (χ3v) is 4.35. The number of esters is 1. The van der Waals surface area contributed by atoms with E-state index in [-0.39, 0.29) is 5.97 Å². The van der Waals surface area contributed by atoms with Crippen molar-refractivity contribution in [2.75, 3.05) is 6.61 Å². The molecule has 124 valence electrons. The maximum atomic E-state index is 12.1. The summed E-state index contributed by atoms with van der Waals surface area (Å²) in [5.41, 5.74) is 5.27. The molecule has 2 aromatic carbocycles. The van der Waals surface area contributed by atoms with Crippen LogP contribution < -0.4 is 4.74 Å². The van der Waals surface area contributed by atoms with Gasteiger partial charge in [-0.15, -0.1) is 0 Å². The molecule has 3 heteroatoms. The second-order valence-electron chi connectivity index (χ2n) is 5.92. The number of hydrogen-bond acceptors (Lipinski definition) is 3. The Labute approximate surface area is 142 Å². The van der Waals surface area contributed by atoms with E-state index in [0.29, 0.717) is 13.2 Å². The van der Waals surface area contributed by atoms with Gasteiger partial charge in [0.1, 0.15) is 12.4 Å². The summed E-state index contributed by atoms with van der Waals surface area (Å²) in [7, 11) is 0. The Morgan fingerprint density at radius 2 is 1.88 bits per heavy atom. The predicted octanol–water partition coefficient (Wildman–Crippen LogP) is 4.55. The van der Waals surface area contributed by atoms with Crippen LogP contribution in [0.3, 0.4) is 0 Å². The van der Waals surface area contributed by atoms with Gasteiger partial charge in [-0.1, -0.05) is 36.4 Å². The number of carbonyl (C=O) groups excluding carboxylic acids is 1. The molecule has 0 aliphatic heterocycles. The van der Waals surface area contributed by atoms with Crippen molar-refractivity contribution in [3.63, 3.8) is 0 Å². The third kappa shape index (κ3) is 3.51. The molecule has 0 atom stereocenters. The summed E-state index contributed by atoms with van der Waals surface area (Å²) in [6.07, 6.45) is 1.60. The summed E-state index contributed by atoms with van der Waals surface area (Å²) in [5.74, 6) is 0.623. The number of carbonyl (C=O) groups is 1. The molecule has 24 heavy (non-hydrogen) atoms. The van der Waals surface area contributed by atoms with Crippen molar-refractivity contribution < 1.29 is 14.3 Å². The average Bonchev–Trinajstić information content (AvgIpc) is 2.61. The number of fused-ring (bicyclic) bond motifs is 1. The molecule has 0 aromatic heterocycles. The molecule has 0 N–H and O–H groups in total. The van der Waals surface area contributed by atoms with Crippen LogP contribution in [0.4, 0.5) is 0 Å². The van der Waals surface area contributed by atoms with Crippen molar-refractivity contribution in [3.8, 4) is 5.75 Å². The minimum atomic E-state index is -0.198. The third-order valence-electron chi connectivity index (χ3n) is 4.35. The zero-order valence-electron chi connectivity index (χ0n) is 14.2. The molecule has 0 fully saturated rings. The minimum absolute atomic E-state index is 0.198. The lowest BCUT2D eigenvalue weighted by molar-refractivity contribution is -0.138. The molecule has 0 spiro atoms. The first-order chi connectivity index (χ1) is 11.7. The number of allylic oxidation sites excluding steroid dienone is 1. The molecule has 0 bridgehead atoms. The fourth-order valence-corrected chi connectivity index (χ4v) is 3.04. The highest BCUT2D eigenvalue weighted by molar-refractivity contribution is 5.98. The molecule has 0 radical (unpaired) electrons. The van der Waals surface area contributed by atoms with Crippen LogP contribution in [0.25, 0.3) is 5.57 Å². The number of rotatable bonds is 5. The van der Waals surface area contributed by atoms with Gasteiger partial charge in [0, 0.05) is 5.57 Å². The Kier molecular flexibility index (Phi) is 4.99. The second-order valence-corrected chi connectivity index (χ2v) is 5.92. The van der Waals surface area contributed by atoms with Crippen LogP contribution in [-0.4, -0.2) is 12.6 Å². The Bertz CT molecular complexity index is 760. The van der Waals surface area contributed by atoms with Crippen LogP contribution in [0, 0.1) is 0 Å². The summed E-state index contributed by atoms with van der Waals surface area (Å²) in [6, 6.07) is 16.2. The van der Waals surface area contributed by atoms with Crippen molar-refractivity contribution in [1.29, 1.82) is 0 Å². The first kappa shape index (κ1) is 16.3. The fourth-order valence-electron chi connectivity index (χ4n) is 3.04. The van der Waals surface area contributed by atoms with Gasteiger partial charge in [0.2, 0.25) is 0 Å². The summed E-state index contributed by atoms with van der Waals surface area (Å²) < 4.78 is 11.1. The lowest BCUT2D eigenvalue weighted by Crippen LogP contribution is -2.14. The zero-order chi connectivity index (χ0) is 16.9. The maximum absolute atomic E-state index is 12.1. The SMILES string of the molecule is CCOC(=O)C1=C(C)c2cc(OCc3ccccc3)ccc2CC1. The number of benzene rings is 2. The van der Waals surface area contributed by atoms with Crippen LogP contribution in [-0.2, 0) is 22.6 Å². The standard InChI is InChI=1S/C21H22O3/c1-3-23-21(22)19-12-10-17-9-11-18(13-20(17)15(19)2)24-14-16-7-5-4-6-8-16/h4-9,11,13H,3,10,12,14H2,1-2H3. The largest absolute Gasteiger partial charge is 0.489 e. The van der Waals surface area contributed by atoms with Crippen molar-refractivity contribution in [1.82, 2.24) is 0 Å². The van der Waals surface area contributed by atoms with Gasteiger partial charge in [-0.3, -0.25) is 0 Å². The van der Waals surface area contributed by atoms with E-state index in [9.17, 15) is 4.79 Å². The van der Waals surface area contributed by atoms with Gasteiger partial charge in [-0.2, -0.15) is 0 Å². The molecule has 0 unspecified atom stereocenters. The molecule has 0 saturated heterocycles. The second kappa shape index (κ2) is 7.35. The summed E-state index contributed by atoms with van der Waals surface area (Å²) in [6.45, 7) is 4.77. The van der Waals surface area contributed by atoms with Crippen molar-refractivity contribution in [3.05, 3.63) is 70.8 Å². The minimum Gasteiger partial charge on any atom is -0.489 e. The molecule has 1 aliphatic carbocycles. The van der Waals surface area contributed by atoms with E-state index >= 15 is 0 Å². The van der Waals surface area contributed by atoms with E-state index in [2.05, 4.69) is 6.07 Å². The zero-order valence-corrected chi connectivity index (χ0v) is 14.2. The van der Waals surface area contributed by atoms with Gasteiger partial charge >= 0.3 is 5.97 Å². The first-order valence-corrected chi connectivity index (χ1v) is 8.36. The molecule has 3 nitrogen and oxygen atoms in total. The molecule has 0 saturated carbocycles. The molecule has 1 aliphatic rings. The monoisotopic (exact) mass is 322 g/mol. The predicted molar refractivity (Wildman–Crippen MR) is 94.8 cm³/mol. The summed E-state index contributed by atoms with van der Waals surface area (Å²) >= 11 is 0. The number of aryl methyl sites for hydroxylation is 1.